The number of esters is 1. The zero-order valence-electron chi connectivity index (χ0n) is 15.5. The van der Waals surface area contributed by atoms with Crippen LogP contribution in [0.2, 0.25) is 0 Å². The summed E-state index contributed by atoms with van der Waals surface area (Å²) in [6, 6.07) is 7.52. The van der Waals surface area contributed by atoms with Gasteiger partial charge in [-0.05, 0) is 37.9 Å². The first-order valence-electron chi connectivity index (χ1n) is 9.18. The molecule has 1 aromatic carbocycles. The number of benzene rings is 1. The standard InChI is InChI=1S/C19H25N5O3/c1-27-17(25)9-4-10-21-19-13-6-2-3-7-14(13)22-16(23-19)12-24-11-5-8-15(24)18(20)26/h2-3,6-7,15H,4-5,8-12H2,1H3,(H2,20,26)(H,21,22,23)/t15-/m0/s1. The van der Waals surface area contributed by atoms with Gasteiger partial charge in [-0.3, -0.25) is 14.5 Å². The number of amides is 1. The summed E-state index contributed by atoms with van der Waals surface area (Å²) in [4.78, 5) is 34.2. The van der Waals surface area contributed by atoms with Gasteiger partial charge in [-0.25, -0.2) is 9.97 Å². The molecule has 144 valence electrons. The zero-order valence-corrected chi connectivity index (χ0v) is 15.5. The smallest absolute Gasteiger partial charge is 0.305 e. The molecule has 0 saturated carbocycles. The van der Waals surface area contributed by atoms with Gasteiger partial charge in [-0.2, -0.15) is 0 Å². The van der Waals surface area contributed by atoms with Crippen LogP contribution in [0.1, 0.15) is 31.5 Å². The molecule has 0 radical (unpaired) electrons. The molecule has 1 aromatic heterocycles. The monoisotopic (exact) mass is 371 g/mol. The summed E-state index contributed by atoms with van der Waals surface area (Å²) in [6.45, 7) is 1.89. The second kappa shape index (κ2) is 8.77. The lowest BCUT2D eigenvalue weighted by Crippen LogP contribution is -2.40. The van der Waals surface area contributed by atoms with Crippen LogP contribution in [0.25, 0.3) is 10.9 Å². The molecule has 3 rings (SSSR count). The first-order valence-corrected chi connectivity index (χ1v) is 9.18. The molecule has 8 nitrogen and oxygen atoms in total. The molecular formula is C19H25N5O3. The Bertz CT molecular complexity index is 826. The number of methoxy groups -OCH3 is 1. The van der Waals surface area contributed by atoms with Crippen LogP contribution in [-0.4, -0.2) is 53.0 Å². The van der Waals surface area contributed by atoms with Crippen molar-refractivity contribution in [1.29, 1.82) is 0 Å². The fourth-order valence-corrected chi connectivity index (χ4v) is 3.39. The molecule has 1 amide bonds. The number of aromatic nitrogens is 2. The highest BCUT2D eigenvalue weighted by atomic mass is 16.5. The van der Waals surface area contributed by atoms with Crippen molar-refractivity contribution in [2.75, 3.05) is 25.5 Å². The molecule has 1 atom stereocenters. The SMILES string of the molecule is COC(=O)CCCNc1nc(CN2CCC[C@H]2C(N)=O)nc2ccccc12. The van der Waals surface area contributed by atoms with Crippen molar-refractivity contribution in [3.05, 3.63) is 30.1 Å². The predicted molar refractivity (Wildman–Crippen MR) is 102 cm³/mol. The predicted octanol–water partition coefficient (Wildman–Crippen LogP) is 1.44. The van der Waals surface area contributed by atoms with Gasteiger partial charge in [0.05, 0.1) is 25.2 Å². The van der Waals surface area contributed by atoms with Crippen molar-refractivity contribution in [3.8, 4) is 0 Å². The quantitative estimate of drug-likeness (QED) is 0.534. The summed E-state index contributed by atoms with van der Waals surface area (Å²) in [5.74, 6) is 0.860. The number of carbonyl (C=O) groups is 2. The van der Waals surface area contributed by atoms with Crippen molar-refractivity contribution >= 4 is 28.6 Å². The second-order valence-corrected chi connectivity index (χ2v) is 6.64. The van der Waals surface area contributed by atoms with Crippen LogP contribution in [0.3, 0.4) is 0 Å². The number of ether oxygens (including phenoxy) is 1. The Labute approximate surface area is 158 Å². The summed E-state index contributed by atoms with van der Waals surface area (Å²) in [5, 5.41) is 4.22. The first-order chi connectivity index (χ1) is 13.1. The van der Waals surface area contributed by atoms with Crippen molar-refractivity contribution < 1.29 is 14.3 Å². The molecule has 1 saturated heterocycles. The molecule has 2 aromatic rings. The molecule has 0 unspecified atom stereocenters. The van der Waals surface area contributed by atoms with E-state index >= 15 is 0 Å². The van der Waals surface area contributed by atoms with Gasteiger partial charge in [0.25, 0.3) is 0 Å². The maximum Gasteiger partial charge on any atom is 0.305 e. The molecule has 1 fully saturated rings. The largest absolute Gasteiger partial charge is 0.469 e. The lowest BCUT2D eigenvalue weighted by atomic mass is 10.2. The van der Waals surface area contributed by atoms with Gasteiger partial charge in [0.2, 0.25) is 5.91 Å². The van der Waals surface area contributed by atoms with Gasteiger partial charge in [0.15, 0.2) is 0 Å². The number of rotatable bonds is 8. The number of nitrogens with two attached hydrogens (primary N) is 1. The van der Waals surface area contributed by atoms with Crippen LogP contribution in [0.4, 0.5) is 5.82 Å². The summed E-state index contributed by atoms with van der Waals surface area (Å²) in [7, 11) is 1.39. The number of carbonyl (C=O) groups excluding carboxylic acids is 2. The number of anilines is 1. The first kappa shape index (κ1) is 19.0. The molecule has 1 aliphatic rings. The van der Waals surface area contributed by atoms with E-state index in [4.69, 9.17) is 5.73 Å². The third-order valence-corrected chi connectivity index (χ3v) is 4.76. The van der Waals surface area contributed by atoms with E-state index in [1.165, 1.54) is 7.11 Å². The van der Waals surface area contributed by atoms with Crippen LogP contribution in [0, 0.1) is 0 Å². The molecule has 0 spiro atoms. The van der Waals surface area contributed by atoms with E-state index in [1.54, 1.807) is 0 Å². The van der Waals surface area contributed by atoms with E-state index in [1.807, 2.05) is 29.2 Å². The fourth-order valence-electron chi connectivity index (χ4n) is 3.39. The van der Waals surface area contributed by atoms with Gasteiger partial charge >= 0.3 is 5.97 Å². The zero-order chi connectivity index (χ0) is 19.2. The molecule has 8 heteroatoms. The van der Waals surface area contributed by atoms with E-state index < -0.39 is 0 Å². The Morgan fingerprint density at radius 1 is 1.33 bits per heavy atom. The highest BCUT2D eigenvalue weighted by Gasteiger charge is 2.29. The lowest BCUT2D eigenvalue weighted by molar-refractivity contribution is -0.140. The number of nitrogens with one attached hydrogen (secondary N) is 1. The minimum atomic E-state index is -0.297. The Morgan fingerprint density at radius 3 is 2.93 bits per heavy atom. The lowest BCUT2D eigenvalue weighted by Gasteiger charge is -2.21. The summed E-state index contributed by atoms with van der Waals surface area (Å²) >= 11 is 0. The minimum Gasteiger partial charge on any atom is -0.469 e. The van der Waals surface area contributed by atoms with Crippen molar-refractivity contribution in [3.63, 3.8) is 0 Å². The van der Waals surface area contributed by atoms with E-state index in [2.05, 4.69) is 20.0 Å². The number of nitrogens with zero attached hydrogens (tertiary/aromatic N) is 3. The number of para-hydroxylation sites is 1. The maximum absolute atomic E-state index is 11.6. The molecular weight excluding hydrogens is 346 g/mol. The number of hydrogen-bond acceptors (Lipinski definition) is 7. The van der Waals surface area contributed by atoms with E-state index in [0.29, 0.717) is 31.8 Å². The van der Waals surface area contributed by atoms with Gasteiger partial charge in [0, 0.05) is 18.4 Å². The molecule has 27 heavy (non-hydrogen) atoms. The van der Waals surface area contributed by atoms with Crippen LogP contribution >= 0.6 is 0 Å². The average molecular weight is 371 g/mol. The average Bonchev–Trinajstić information content (AvgIpc) is 3.13. The van der Waals surface area contributed by atoms with E-state index in [-0.39, 0.29) is 17.9 Å². The summed E-state index contributed by atoms with van der Waals surface area (Å²) < 4.78 is 4.66. The topological polar surface area (TPSA) is 110 Å². The highest BCUT2D eigenvalue weighted by Crippen LogP contribution is 2.23. The van der Waals surface area contributed by atoms with Gasteiger partial charge in [0.1, 0.15) is 11.6 Å². The van der Waals surface area contributed by atoms with Crippen molar-refractivity contribution in [2.45, 2.75) is 38.3 Å². The molecule has 0 aliphatic carbocycles. The van der Waals surface area contributed by atoms with Crippen molar-refractivity contribution in [1.82, 2.24) is 14.9 Å². The van der Waals surface area contributed by atoms with Gasteiger partial charge in [-0.1, -0.05) is 12.1 Å². The van der Waals surface area contributed by atoms with Gasteiger partial charge in [-0.15, -0.1) is 0 Å². The van der Waals surface area contributed by atoms with Crippen molar-refractivity contribution in [2.24, 2.45) is 5.73 Å². The Hall–Kier alpha value is -2.74. The molecule has 3 N–H and O–H groups in total. The van der Waals surface area contributed by atoms with Crippen LogP contribution in [0.5, 0.6) is 0 Å². The minimum absolute atomic E-state index is 0.225. The molecule has 1 aliphatic heterocycles. The fraction of sp³-hybridized carbons (Fsp3) is 0.474. The Kier molecular flexibility index (Phi) is 6.18. The molecule has 0 bridgehead atoms. The van der Waals surface area contributed by atoms with Crippen LogP contribution < -0.4 is 11.1 Å². The van der Waals surface area contributed by atoms with Crippen LogP contribution in [-0.2, 0) is 20.9 Å². The number of hydrogen-bond donors (Lipinski definition) is 2. The summed E-state index contributed by atoms with van der Waals surface area (Å²) in [6.07, 6.45) is 2.73. The maximum atomic E-state index is 11.6. The number of primary amides is 1. The number of fused-ring (bicyclic) bond motifs is 1. The highest BCUT2D eigenvalue weighted by molar-refractivity contribution is 5.89. The van der Waals surface area contributed by atoms with Crippen LogP contribution in [0.15, 0.2) is 24.3 Å². The number of likely N-dealkylation sites (tertiary alicyclic amines) is 1. The third-order valence-electron chi connectivity index (χ3n) is 4.76. The summed E-state index contributed by atoms with van der Waals surface area (Å²) in [5.41, 5.74) is 6.35. The van der Waals surface area contributed by atoms with E-state index in [9.17, 15) is 9.59 Å². The van der Waals surface area contributed by atoms with Gasteiger partial charge < -0.3 is 15.8 Å². The normalized spacial score (nSPS) is 17.1. The second-order valence-electron chi connectivity index (χ2n) is 6.64. The Balaban J connectivity index is 1.76. The molecule has 2 heterocycles. The van der Waals surface area contributed by atoms with E-state index in [0.717, 1.165) is 36.1 Å². The Morgan fingerprint density at radius 2 is 2.15 bits per heavy atom. The third kappa shape index (κ3) is 4.71.